The molecule has 0 radical (unpaired) electrons. The lowest BCUT2D eigenvalue weighted by Crippen LogP contribution is -2.54. The minimum Gasteiger partial charge on any atom is -0.507 e. The SMILES string of the molecule is CC(C)[C@@H](C(=O)O)c1cc(OCCN2CCC(O[C@H]3C[C@H](Oc4cc(N5C6CCC5CN(c5cc(-c7ccccc7O)nnc5N)C6)ccn4)C3)CC2)no1. The molecule has 55 heavy (non-hydrogen) atoms. The number of fused-ring (bicyclic) bond motifs is 2. The summed E-state index contributed by atoms with van der Waals surface area (Å²) >= 11 is 0. The van der Waals surface area contributed by atoms with E-state index < -0.39 is 11.9 Å². The summed E-state index contributed by atoms with van der Waals surface area (Å²) in [7, 11) is 0. The zero-order valence-corrected chi connectivity index (χ0v) is 31.4. The van der Waals surface area contributed by atoms with E-state index in [0.717, 1.165) is 82.6 Å². The van der Waals surface area contributed by atoms with Crippen molar-refractivity contribution in [1.82, 2.24) is 25.2 Å². The van der Waals surface area contributed by atoms with Crippen molar-refractivity contribution in [3.63, 3.8) is 0 Å². The summed E-state index contributed by atoms with van der Waals surface area (Å²) < 4.78 is 23.8. The van der Waals surface area contributed by atoms with Gasteiger partial charge in [0, 0.05) is 87.2 Å². The van der Waals surface area contributed by atoms with E-state index >= 15 is 0 Å². The Balaban J connectivity index is 0.770. The summed E-state index contributed by atoms with van der Waals surface area (Å²) in [6.45, 7) is 8.35. The molecule has 2 bridgehead atoms. The molecule has 0 amide bonds. The average Bonchev–Trinajstić information content (AvgIpc) is 3.72. The fourth-order valence-corrected chi connectivity index (χ4v) is 8.55. The second-order valence-corrected chi connectivity index (χ2v) is 15.6. The number of aromatic nitrogens is 4. The molecule has 3 atom stereocenters. The number of carbonyl (C=O) groups is 1. The van der Waals surface area contributed by atoms with Crippen LogP contribution in [0.5, 0.6) is 17.5 Å². The van der Waals surface area contributed by atoms with Gasteiger partial charge < -0.3 is 44.5 Å². The van der Waals surface area contributed by atoms with Crippen molar-refractivity contribution >= 4 is 23.2 Å². The summed E-state index contributed by atoms with van der Waals surface area (Å²) in [5, 5.41) is 32.3. The Labute approximate surface area is 320 Å². The van der Waals surface area contributed by atoms with Crippen LogP contribution in [-0.4, -0.2) is 111 Å². The zero-order chi connectivity index (χ0) is 38.1. The lowest BCUT2D eigenvalue weighted by molar-refractivity contribution is -0.140. The number of piperazine rings is 1. The molecule has 6 heterocycles. The molecule has 3 aliphatic heterocycles. The van der Waals surface area contributed by atoms with Gasteiger partial charge in [-0.15, -0.1) is 10.2 Å². The van der Waals surface area contributed by atoms with Crippen LogP contribution in [0.3, 0.4) is 0 Å². The van der Waals surface area contributed by atoms with Gasteiger partial charge in [-0.1, -0.05) is 26.0 Å². The predicted molar refractivity (Wildman–Crippen MR) is 204 cm³/mol. The van der Waals surface area contributed by atoms with Gasteiger partial charge >= 0.3 is 5.97 Å². The lowest BCUT2D eigenvalue weighted by Gasteiger charge is -2.43. The van der Waals surface area contributed by atoms with E-state index in [1.165, 1.54) is 0 Å². The number of pyridine rings is 1. The van der Waals surface area contributed by atoms with Crippen molar-refractivity contribution in [3.05, 3.63) is 60.5 Å². The van der Waals surface area contributed by atoms with Crippen LogP contribution in [0.4, 0.5) is 17.2 Å². The number of nitrogen functional groups attached to an aromatic ring is 1. The molecule has 4 N–H and O–H groups in total. The number of likely N-dealkylation sites (tertiary alicyclic amines) is 1. The van der Waals surface area contributed by atoms with E-state index in [1.807, 2.05) is 38.2 Å². The van der Waals surface area contributed by atoms with Gasteiger partial charge in [0.2, 0.25) is 5.88 Å². The Hall–Kier alpha value is -5.15. The average molecular weight is 755 g/mol. The topological polar surface area (TPSA) is 186 Å². The number of carboxylic acids is 1. The zero-order valence-electron chi connectivity index (χ0n) is 31.4. The number of nitrogens with two attached hydrogens (primary N) is 1. The highest BCUT2D eigenvalue weighted by atomic mass is 16.5. The van der Waals surface area contributed by atoms with Crippen LogP contribution < -0.4 is 25.0 Å². The third-order valence-electron chi connectivity index (χ3n) is 11.5. The first-order valence-corrected chi connectivity index (χ1v) is 19.5. The number of para-hydroxylation sites is 1. The predicted octanol–water partition coefficient (Wildman–Crippen LogP) is 4.97. The molecule has 3 aromatic heterocycles. The Morgan fingerprint density at radius 3 is 2.45 bits per heavy atom. The maximum atomic E-state index is 11.6. The fraction of sp³-hybridized carbons (Fsp3) is 0.525. The van der Waals surface area contributed by atoms with Crippen LogP contribution in [0.1, 0.15) is 64.1 Å². The van der Waals surface area contributed by atoms with Crippen molar-refractivity contribution < 1.29 is 33.7 Å². The first-order chi connectivity index (χ1) is 26.7. The highest BCUT2D eigenvalue weighted by Gasteiger charge is 2.41. The summed E-state index contributed by atoms with van der Waals surface area (Å²) in [5.74, 6) is 0.0476. The third-order valence-corrected chi connectivity index (χ3v) is 11.5. The van der Waals surface area contributed by atoms with Crippen LogP contribution in [0.25, 0.3) is 11.3 Å². The molecule has 292 valence electrons. The number of hydrogen-bond acceptors (Lipinski definition) is 14. The Kier molecular flexibility index (Phi) is 10.6. The molecule has 0 spiro atoms. The van der Waals surface area contributed by atoms with E-state index in [1.54, 1.807) is 18.2 Å². The number of aromatic hydroxyl groups is 1. The highest BCUT2D eigenvalue weighted by Crippen LogP contribution is 2.40. The number of rotatable bonds is 14. The van der Waals surface area contributed by atoms with Crippen molar-refractivity contribution in [3.8, 4) is 28.8 Å². The van der Waals surface area contributed by atoms with Crippen molar-refractivity contribution in [2.24, 2.45) is 5.92 Å². The Morgan fingerprint density at radius 2 is 1.73 bits per heavy atom. The molecule has 4 fully saturated rings. The number of piperidine rings is 1. The highest BCUT2D eigenvalue weighted by molar-refractivity contribution is 5.76. The van der Waals surface area contributed by atoms with Crippen molar-refractivity contribution in [1.29, 1.82) is 0 Å². The van der Waals surface area contributed by atoms with Crippen LogP contribution >= 0.6 is 0 Å². The van der Waals surface area contributed by atoms with Gasteiger partial charge in [0.05, 0.1) is 23.6 Å². The second kappa shape index (κ2) is 15.9. The molecule has 4 aromatic rings. The minimum absolute atomic E-state index is 0.0855. The number of aliphatic carboxylic acids is 1. The van der Waals surface area contributed by atoms with Crippen molar-refractivity contribution in [2.75, 3.05) is 54.9 Å². The quantitative estimate of drug-likeness (QED) is 0.157. The number of phenols is 1. The summed E-state index contributed by atoms with van der Waals surface area (Å²) in [5.41, 5.74) is 9.55. The maximum Gasteiger partial charge on any atom is 0.314 e. The molecule has 4 aliphatic rings. The van der Waals surface area contributed by atoms with E-state index in [-0.39, 0.29) is 30.0 Å². The number of benzene rings is 1. The number of anilines is 3. The summed E-state index contributed by atoms with van der Waals surface area (Å²) in [6.07, 6.45) is 8.15. The van der Waals surface area contributed by atoms with Crippen LogP contribution in [-0.2, 0) is 9.53 Å². The number of ether oxygens (including phenoxy) is 3. The first-order valence-electron chi connectivity index (χ1n) is 19.5. The number of phenolic OH excluding ortho intramolecular Hbond substituents is 1. The second-order valence-electron chi connectivity index (χ2n) is 15.6. The smallest absolute Gasteiger partial charge is 0.314 e. The lowest BCUT2D eigenvalue weighted by atomic mass is 9.91. The van der Waals surface area contributed by atoms with E-state index in [0.29, 0.717) is 53.3 Å². The number of nitrogens with zero attached hydrogens (tertiary/aromatic N) is 7. The van der Waals surface area contributed by atoms with Gasteiger partial charge in [-0.05, 0) is 61.0 Å². The largest absolute Gasteiger partial charge is 0.507 e. The maximum absolute atomic E-state index is 11.6. The van der Waals surface area contributed by atoms with Gasteiger partial charge in [0.15, 0.2) is 11.6 Å². The molecule has 1 saturated carbocycles. The van der Waals surface area contributed by atoms with E-state index in [4.69, 9.17) is 24.5 Å². The molecule has 1 aliphatic carbocycles. The molecular weight excluding hydrogens is 704 g/mol. The molecular formula is C40H50N8O7. The normalized spacial score (nSPS) is 23.5. The Bertz CT molecular complexity index is 1930. The minimum atomic E-state index is -0.932. The number of hydrogen-bond donors (Lipinski definition) is 3. The van der Waals surface area contributed by atoms with Gasteiger partial charge in [0.1, 0.15) is 24.4 Å². The summed E-state index contributed by atoms with van der Waals surface area (Å²) in [4.78, 5) is 23.3. The molecule has 3 saturated heterocycles. The van der Waals surface area contributed by atoms with E-state index in [9.17, 15) is 15.0 Å². The Morgan fingerprint density at radius 1 is 0.964 bits per heavy atom. The van der Waals surface area contributed by atoms with Gasteiger partial charge in [-0.2, -0.15) is 0 Å². The third kappa shape index (κ3) is 8.13. The molecule has 2 unspecified atom stereocenters. The van der Waals surface area contributed by atoms with Crippen molar-refractivity contribution in [2.45, 2.75) is 88.7 Å². The molecule has 15 nitrogen and oxygen atoms in total. The van der Waals surface area contributed by atoms with Crippen LogP contribution in [0.2, 0.25) is 0 Å². The standard InChI is InChI=1S/C40H50N8O7/c1-24(2)38(40(50)51)35-21-37(45-55-35)52-16-15-46-13-10-28(11-14-46)53-29-18-30(19-29)54-36-17-25(9-12-42-36)48-26-7-8-27(48)23-47(22-26)33-20-32(43-44-39(33)41)31-5-3-4-6-34(31)49/h3-6,9,12,17,20-21,24,26-30,38,49H,7-8,10-11,13-16,18-19,22-23H2,1-2H3,(H2,41,44)(H,50,51)/t26?,27?,29-,30-,38-/m1/s1. The summed E-state index contributed by atoms with van der Waals surface area (Å²) in [6, 6.07) is 15.4. The van der Waals surface area contributed by atoms with Gasteiger partial charge in [-0.3, -0.25) is 9.69 Å². The molecule has 8 rings (SSSR count). The van der Waals surface area contributed by atoms with Gasteiger partial charge in [0.25, 0.3) is 5.88 Å². The fourth-order valence-electron chi connectivity index (χ4n) is 8.55. The van der Waals surface area contributed by atoms with E-state index in [2.05, 4.69) is 47.2 Å². The molecule has 15 heteroatoms. The first kappa shape index (κ1) is 36.8. The van der Waals surface area contributed by atoms with Gasteiger partial charge in [-0.25, -0.2) is 4.98 Å². The van der Waals surface area contributed by atoms with Crippen LogP contribution in [0, 0.1) is 5.92 Å². The molecule has 1 aromatic carbocycles. The monoisotopic (exact) mass is 754 g/mol. The number of carboxylic acid groups (broad SMARTS) is 1. The van der Waals surface area contributed by atoms with Crippen LogP contribution in [0.15, 0.2) is 59.3 Å².